The van der Waals surface area contributed by atoms with Crippen molar-refractivity contribution in [3.63, 3.8) is 0 Å². The van der Waals surface area contributed by atoms with E-state index in [0.717, 1.165) is 36.0 Å². The Morgan fingerprint density at radius 2 is 2.17 bits per heavy atom. The van der Waals surface area contributed by atoms with Gasteiger partial charge in [-0.15, -0.1) is 0 Å². The van der Waals surface area contributed by atoms with Crippen LogP contribution in [0.3, 0.4) is 0 Å². The minimum absolute atomic E-state index is 0.217. The fourth-order valence-corrected chi connectivity index (χ4v) is 2.80. The summed E-state index contributed by atoms with van der Waals surface area (Å²) in [6, 6.07) is 2.30. The number of aromatic nitrogens is 2. The van der Waals surface area contributed by atoms with E-state index in [1.54, 1.807) is 0 Å². The molecule has 0 bridgehead atoms. The Morgan fingerprint density at radius 3 is 2.78 bits per heavy atom. The van der Waals surface area contributed by atoms with E-state index in [-0.39, 0.29) is 6.04 Å². The van der Waals surface area contributed by atoms with Crippen molar-refractivity contribution >= 4 is 0 Å². The molecule has 0 saturated heterocycles. The quantitative estimate of drug-likeness (QED) is 0.890. The van der Waals surface area contributed by atoms with Crippen molar-refractivity contribution < 1.29 is 0 Å². The molecule has 1 aromatic rings. The molecule has 3 nitrogen and oxygen atoms in total. The molecule has 0 radical (unpaired) electrons. The maximum Gasteiger partial charge on any atom is 0.131 e. The molecule has 2 N–H and O–H groups in total. The lowest BCUT2D eigenvalue weighted by atomic mass is 10.0. The van der Waals surface area contributed by atoms with Gasteiger partial charge in [0, 0.05) is 29.8 Å². The topological polar surface area (TPSA) is 51.8 Å². The van der Waals surface area contributed by atoms with Gasteiger partial charge >= 0.3 is 0 Å². The van der Waals surface area contributed by atoms with E-state index in [4.69, 9.17) is 10.7 Å². The van der Waals surface area contributed by atoms with Crippen molar-refractivity contribution in [2.75, 3.05) is 0 Å². The van der Waals surface area contributed by atoms with Gasteiger partial charge in [0.05, 0.1) is 0 Å². The van der Waals surface area contributed by atoms with Gasteiger partial charge in [0.15, 0.2) is 0 Å². The first-order valence-corrected chi connectivity index (χ1v) is 7.18. The molecule has 1 saturated carbocycles. The number of hydrogen-bond donors (Lipinski definition) is 1. The smallest absolute Gasteiger partial charge is 0.131 e. The van der Waals surface area contributed by atoms with Crippen molar-refractivity contribution in [1.82, 2.24) is 9.97 Å². The van der Waals surface area contributed by atoms with Crippen LogP contribution >= 0.6 is 0 Å². The monoisotopic (exact) mass is 247 g/mol. The number of nitrogens with two attached hydrogens (primary N) is 1. The molecule has 0 amide bonds. The van der Waals surface area contributed by atoms with Crippen LogP contribution < -0.4 is 5.73 Å². The number of rotatable bonds is 4. The summed E-state index contributed by atoms with van der Waals surface area (Å²) in [4.78, 5) is 9.38. The van der Waals surface area contributed by atoms with Crippen LogP contribution in [0.25, 0.3) is 0 Å². The highest BCUT2D eigenvalue weighted by atomic mass is 14.9. The normalized spacial score (nSPS) is 25.3. The van der Waals surface area contributed by atoms with Gasteiger partial charge in [0.2, 0.25) is 0 Å². The lowest BCUT2D eigenvalue weighted by Crippen LogP contribution is -2.22. The molecule has 100 valence electrons. The van der Waals surface area contributed by atoms with Gasteiger partial charge in [-0.2, -0.15) is 0 Å². The molecule has 0 aliphatic heterocycles. The zero-order chi connectivity index (χ0) is 13.1. The van der Waals surface area contributed by atoms with Crippen molar-refractivity contribution in [1.29, 1.82) is 0 Å². The summed E-state index contributed by atoms with van der Waals surface area (Å²) in [5, 5.41) is 0. The minimum atomic E-state index is 0.217. The van der Waals surface area contributed by atoms with Crippen LogP contribution in [-0.4, -0.2) is 16.0 Å². The third kappa shape index (κ3) is 3.29. The SMILES string of the molecule is CCC(N)Cc1cc(C)nc(C2CCC(C)C2)n1. The van der Waals surface area contributed by atoms with Crippen LogP contribution in [0, 0.1) is 12.8 Å². The lowest BCUT2D eigenvalue weighted by Gasteiger charge is -2.13. The van der Waals surface area contributed by atoms with Crippen molar-refractivity contribution in [3.8, 4) is 0 Å². The Balaban J connectivity index is 2.16. The van der Waals surface area contributed by atoms with E-state index < -0.39 is 0 Å². The summed E-state index contributed by atoms with van der Waals surface area (Å²) in [7, 11) is 0. The molecule has 0 spiro atoms. The Morgan fingerprint density at radius 1 is 1.39 bits per heavy atom. The van der Waals surface area contributed by atoms with E-state index in [1.807, 2.05) is 0 Å². The minimum Gasteiger partial charge on any atom is -0.327 e. The van der Waals surface area contributed by atoms with Gasteiger partial charge in [-0.3, -0.25) is 0 Å². The highest BCUT2D eigenvalue weighted by molar-refractivity contribution is 5.14. The molecule has 1 aromatic heterocycles. The van der Waals surface area contributed by atoms with E-state index in [0.29, 0.717) is 5.92 Å². The van der Waals surface area contributed by atoms with Crippen LogP contribution in [0.4, 0.5) is 0 Å². The first-order valence-electron chi connectivity index (χ1n) is 7.18. The van der Waals surface area contributed by atoms with Crippen molar-refractivity contribution in [3.05, 3.63) is 23.3 Å². The Hall–Kier alpha value is -0.960. The second-order valence-electron chi connectivity index (χ2n) is 5.85. The number of aryl methyl sites for hydroxylation is 1. The van der Waals surface area contributed by atoms with Gasteiger partial charge in [-0.05, 0) is 44.6 Å². The third-order valence-corrected chi connectivity index (χ3v) is 3.98. The average molecular weight is 247 g/mol. The van der Waals surface area contributed by atoms with Gasteiger partial charge in [-0.1, -0.05) is 13.8 Å². The zero-order valence-electron chi connectivity index (χ0n) is 11.8. The van der Waals surface area contributed by atoms with Crippen molar-refractivity contribution in [2.24, 2.45) is 11.7 Å². The Kier molecular flexibility index (Phi) is 4.33. The van der Waals surface area contributed by atoms with E-state index in [2.05, 4.69) is 31.8 Å². The van der Waals surface area contributed by atoms with Gasteiger partial charge in [0.25, 0.3) is 0 Å². The molecule has 18 heavy (non-hydrogen) atoms. The Labute approximate surface area is 110 Å². The number of hydrogen-bond acceptors (Lipinski definition) is 3. The average Bonchev–Trinajstić information content (AvgIpc) is 2.75. The van der Waals surface area contributed by atoms with Crippen LogP contribution in [0.1, 0.15) is 62.7 Å². The maximum atomic E-state index is 6.02. The van der Waals surface area contributed by atoms with Crippen LogP contribution in [0.5, 0.6) is 0 Å². The van der Waals surface area contributed by atoms with E-state index >= 15 is 0 Å². The molecule has 3 unspecified atom stereocenters. The summed E-state index contributed by atoms with van der Waals surface area (Å²) in [6.45, 7) is 6.51. The lowest BCUT2D eigenvalue weighted by molar-refractivity contribution is 0.578. The summed E-state index contributed by atoms with van der Waals surface area (Å²) in [5.74, 6) is 2.44. The largest absolute Gasteiger partial charge is 0.327 e. The van der Waals surface area contributed by atoms with E-state index in [9.17, 15) is 0 Å². The molecule has 1 aliphatic rings. The first-order chi connectivity index (χ1) is 8.58. The highest BCUT2D eigenvalue weighted by Crippen LogP contribution is 2.36. The molecular weight excluding hydrogens is 222 g/mol. The number of nitrogens with zero attached hydrogens (tertiary/aromatic N) is 2. The summed E-state index contributed by atoms with van der Waals surface area (Å²) in [5.41, 5.74) is 8.22. The van der Waals surface area contributed by atoms with E-state index in [1.165, 1.54) is 19.3 Å². The van der Waals surface area contributed by atoms with Crippen molar-refractivity contribution in [2.45, 2.75) is 64.8 Å². The molecule has 3 atom stereocenters. The van der Waals surface area contributed by atoms with Crippen LogP contribution in [-0.2, 0) is 6.42 Å². The highest BCUT2D eigenvalue weighted by Gasteiger charge is 2.25. The molecule has 1 aliphatic carbocycles. The predicted octanol–water partition coefficient (Wildman–Crippen LogP) is 2.97. The van der Waals surface area contributed by atoms with Crippen LogP contribution in [0.15, 0.2) is 6.07 Å². The molecular formula is C15H25N3. The van der Waals surface area contributed by atoms with Gasteiger partial charge in [-0.25, -0.2) is 9.97 Å². The molecule has 1 fully saturated rings. The summed E-state index contributed by atoms with van der Waals surface area (Å²) < 4.78 is 0. The first kappa shape index (κ1) is 13.5. The molecule has 3 heteroatoms. The van der Waals surface area contributed by atoms with Gasteiger partial charge in [0.1, 0.15) is 5.82 Å². The second-order valence-corrected chi connectivity index (χ2v) is 5.85. The fourth-order valence-electron chi connectivity index (χ4n) is 2.80. The van der Waals surface area contributed by atoms with Gasteiger partial charge < -0.3 is 5.73 Å². The fraction of sp³-hybridized carbons (Fsp3) is 0.733. The third-order valence-electron chi connectivity index (χ3n) is 3.98. The maximum absolute atomic E-state index is 6.02. The molecule has 2 rings (SSSR count). The van der Waals surface area contributed by atoms with Crippen LogP contribution in [0.2, 0.25) is 0 Å². The summed E-state index contributed by atoms with van der Waals surface area (Å²) >= 11 is 0. The standard InChI is InChI=1S/C15H25N3/c1-4-13(16)9-14-8-11(3)17-15(18-14)12-6-5-10(2)7-12/h8,10,12-13H,4-7,9,16H2,1-3H3. The molecule has 0 aromatic carbocycles. The predicted molar refractivity (Wildman–Crippen MR) is 74.5 cm³/mol. The second kappa shape index (κ2) is 5.79. The zero-order valence-corrected chi connectivity index (χ0v) is 11.8. The Bertz CT molecular complexity index is 403. The molecule has 1 heterocycles. The summed E-state index contributed by atoms with van der Waals surface area (Å²) in [6.07, 6.45) is 5.66.